The van der Waals surface area contributed by atoms with Gasteiger partial charge in [0.2, 0.25) is 5.91 Å². The van der Waals surface area contributed by atoms with Crippen LogP contribution in [0.5, 0.6) is 0 Å². The van der Waals surface area contributed by atoms with Crippen LogP contribution in [-0.4, -0.2) is 21.4 Å². The highest BCUT2D eigenvalue weighted by Crippen LogP contribution is 2.17. The van der Waals surface area contributed by atoms with Crippen LogP contribution >= 0.6 is 11.3 Å². The Morgan fingerprint density at radius 1 is 1.17 bits per heavy atom. The van der Waals surface area contributed by atoms with Crippen LogP contribution in [-0.2, 0) is 17.8 Å². The third-order valence-electron chi connectivity index (χ3n) is 3.39. The molecule has 3 rings (SSSR count). The normalized spacial score (nSPS) is 10.5. The number of nitrogens with one attached hydrogen (secondary N) is 1. The van der Waals surface area contributed by atoms with Gasteiger partial charge in [-0.3, -0.25) is 14.9 Å². The zero-order valence-corrected chi connectivity index (χ0v) is 13.6. The highest BCUT2D eigenvalue weighted by atomic mass is 32.1. The zero-order valence-electron chi connectivity index (χ0n) is 12.8. The Balaban J connectivity index is 1.71. The molecule has 0 aliphatic rings. The summed E-state index contributed by atoms with van der Waals surface area (Å²) in [6.45, 7) is 0.612. The number of primary amides is 1. The Hall–Kier alpha value is -2.93. The number of thiazole rings is 1. The Morgan fingerprint density at radius 2 is 1.96 bits per heavy atom. The van der Waals surface area contributed by atoms with E-state index in [4.69, 9.17) is 5.73 Å². The largest absolute Gasteiger partial charge is 0.369 e. The van der Waals surface area contributed by atoms with E-state index in [-0.39, 0.29) is 12.3 Å². The summed E-state index contributed by atoms with van der Waals surface area (Å²) in [5, 5.41) is 4.92. The molecule has 0 saturated carbocycles. The fourth-order valence-electron chi connectivity index (χ4n) is 2.32. The van der Waals surface area contributed by atoms with Crippen molar-refractivity contribution in [2.75, 3.05) is 5.32 Å². The molecular weight excluding hydrogens is 324 g/mol. The molecule has 1 aromatic carbocycles. The van der Waals surface area contributed by atoms with Crippen LogP contribution in [0.4, 0.5) is 5.13 Å². The Labute approximate surface area is 142 Å². The molecule has 2 amide bonds. The van der Waals surface area contributed by atoms with Gasteiger partial charge >= 0.3 is 0 Å². The number of carbonyl (C=O) groups is 2. The molecule has 24 heavy (non-hydrogen) atoms. The van der Waals surface area contributed by atoms with Crippen molar-refractivity contribution in [1.82, 2.24) is 9.55 Å². The Morgan fingerprint density at radius 3 is 2.71 bits per heavy atom. The predicted octanol–water partition coefficient (Wildman–Crippen LogP) is 2.27. The molecule has 3 aromatic rings. The number of anilines is 1. The van der Waals surface area contributed by atoms with Gasteiger partial charge < -0.3 is 10.3 Å². The molecule has 0 atom stereocenters. The molecule has 2 aromatic heterocycles. The summed E-state index contributed by atoms with van der Waals surface area (Å²) in [6.07, 6.45) is 1.93. The molecule has 122 valence electrons. The highest BCUT2D eigenvalue weighted by Gasteiger charge is 2.13. The van der Waals surface area contributed by atoms with Gasteiger partial charge in [0.25, 0.3) is 5.91 Å². The van der Waals surface area contributed by atoms with E-state index in [0.717, 1.165) is 5.56 Å². The third-order valence-corrected chi connectivity index (χ3v) is 4.19. The minimum atomic E-state index is -0.449. The summed E-state index contributed by atoms with van der Waals surface area (Å²) in [5.41, 5.74) is 7.36. The zero-order chi connectivity index (χ0) is 16.9. The van der Waals surface area contributed by atoms with Crippen molar-refractivity contribution in [2.45, 2.75) is 13.0 Å². The SMILES string of the molecule is NC(=O)Cc1csc(NC(=O)c2cccn2Cc2ccccc2)n1. The van der Waals surface area contributed by atoms with Crippen LogP contribution < -0.4 is 11.1 Å². The van der Waals surface area contributed by atoms with Gasteiger partial charge in [0.15, 0.2) is 5.13 Å². The van der Waals surface area contributed by atoms with Crippen molar-refractivity contribution < 1.29 is 9.59 Å². The fraction of sp³-hybridized carbons (Fsp3) is 0.118. The van der Waals surface area contributed by atoms with E-state index >= 15 is 0 Å². The first-order chi connectivity index (χ1) is 11.6. The number of hydrogen-bond acceptors (Lipinski definition) is 4. The molecular formula is C17H16N4O2S. The van der Waals surface area contributed by atoms with Crippen LogP contribution in [0, 0.1) is 0 Å². The van der Waals surface area contributed by atoms with E-state index in [1.165, 1.54) is 11.3 Å². The van der Waals surface area contributed by atoms with Gasteiger partial charge in [-0.05, 0) is 17.7 Å². The number of amides is 2. The number of nitrogens with zero attached hydrogens (tertiary/aromatic N) is 2. The van der Waals surface area contributed by atoms with Crippen molar-refractivity contribution in [3.63, 3.8) is 0 Å². The van der Waals surface area contributed by atoms with Crippen molar-refractivity contribution in [3.05, 3.63) is 71.0 Å². The lowest BCUT2D eigenvalue weighted by atomic mass is 10.2. The third kappa shape index (κ3) is 3.88. The maximum Gasteiger partial charge on any atom is 0.274 e. The second kappa shape index (κ2) is 7.10. The molecule has 0 spiro atoms. The van der Waals surface area contributed by atoms with E-state index in [0.29, 0.717) is 23.1 Å². The van der Waals surface area contributed by atoms with Crippen molar-refractivity contribution in [3.8, 4) is 0 Å². The van der Waals surface area contributed by atoms with Gasteiger partial charge in [-0.2, -0.15) is 0 Å². The van der Waals surface area contributed by atoms with E-state index < -0.39 is 5.91 Å². The lowest BCUT2D eigenvalue weighted by molar-refractivity contribution is -0.117. The summed E-state index contributed by atoms with van der Waals surface area (Å²) in [5.74, 6) is -0.689. The lowest BCUT2D eigenvalue weighted by Gasteiger charge is -2.08. The van der Waals surface area contributed by atoms with Crippen molar-refractivity contribution in [2.24, 2.45) is 5.73 Å². The lowest BCUT2D eigenvalue weighted by Crippen LogP contribution is -2.17. The smallest absolute Gasteiger partial charge is 0.274 e. The summed E-state index contributed by atoms with van der Waals surface area (Å²) >= 11 is 1.27. The molecule has 0 radical (unpaired) electrons. The number of benzene rings is 1. The average molecular weight is 340 g/mol. The number of carbonyl (C=O) groups excluding carboxylic acids is 2. The maximum absolute atomic E-state index is 12.5. The second-order valence-corrected chi connectivity index (χ2v) is 6.11. The van der Waals surface area contributed by atoms with Crippen LogP contribution in [0.25, 0.3) is 0 Å². The molecule has 0 aliphatic heterocycles. The first-order valence-electron chi connectivity index (χ1n) is 7.35. The monoisotopic (exact) mass is 340 g/mol. The van der Waals surface area contributed by atoms with E-state index in [2.05, 4.69) is 10.3 Å². The van der Waals surface area contributed by atoms with Gasteiger partial charge in [-0.25, -0.2) is 4.98 Å². The molecule has 2 heterocycles. The number of rotatable bonds is 6. The van der Waals surface area contributed by atoms with Crippen LogP contribution in [0.2, 0.25) is 0 Å². The summed E-state index contributed by atoms with van der Waals surface area (Å²) in [6, 6.07) is 13.5. The van der Waals surface area contributed by atoms with Crippen LogP contribution in [0.3, 0.4) is 0 Å². The van der Waals surface area contributed by atoms with Crippen molar-refractivity contribution >= 4 is 28.3 Å². The quantitative estimate of drug-likeness (QED) is 0.721. The molecule has 0 aliphatic carbocycles. The first kappa shape index (κ1) is 15.9. The van der Waals surface area contributed by atoms with Gasteiger partial charge in [0.05, 0.1) is 12.1 Å². The van der Waals surface area contributed by atoms with Gasteiger partial charge in [0, 0.05) is 18.1 Å². The van der Waals surface area contributed by atoms with E-state index in [1.54, 1.807) is 11.4 Å². The average Bonchev–Trinajstić information content (AvgIpc) is 3.17. The predicted molar refractivity (Wildman–Crippen MR) is 92.9 cm³/mol. The van der Waals surface area contributed by atoms with Crippen LogP contribution in [0.1, 0.15) is 21.7 Å². The summed E-state index contributed by atoms with van der Waals surface area (Å²) in [4.78, 5) is 27.6. The second-order valence-electron chi connectivity index (χ2n) is 5.25. The highest BCUT2D eigenvalue weighted by molar-refractivity contribution is 7.14. The Kier molecular flexibility index (Phi) is 4.72. The van der Waals surface area contributed by atoms with Gasteiger partial charge in [-0.15, -0.1) is 11.3 Å². The maximum atomic E-state index is 12.5. The minimum Gasteiger partial charge on any atom is -0.369 e. The summed E-state index contributed by atoms with van der Waals surface area (Å²) in [7, 11) is 0. The molecule has 0 bridgehead atoms. The molecule has 6 nitrogen and oxygen atoms in total. The van der Waals surface area contributed by atoms with Crippen LogP contribution in [0.15, 0.2) is 54.0 Å². The summed E-state index contributed by atoms with van der Waals surface area (Å²) < 4.78 is 1.88. The number of nitrogens with two attached hydrogens (primary N) is 1. The Bertz CT molecular complexity index is 854. The minimum absolute atomic E-state index is 0.0662. The topological polar surface area (TPSA) is 90.0 Å². The molecule has 0 fully saturated rings. The van der Waals surface area contributed by atoms with E-state index in [9.17, 15) is 9.59 Å². The molecule has 3 N–H and O–H groups in total. The standard InChI is InChI=1S/C17H16N4O2S/c18-15(22)9-13-11-24-17(19-13)20-16(23)14-7-4-8-21(14)10-12-5-2-1-3-6-12/h1-8,11H,9-10H2,(H2,18,22)(H,19,20,23). The number of aromatic nitrogens is 2. The van der Waals surface area contributed by atoms with E-state index in [1.807, 2.05) is 47.2 Å². The fourth-order valence-corrected chi connectivity index (χ4v) is 3.03. The molecule has 7 heteroatoms. The van der Waals surface area contributed by atoms with Gasteiger partial charge in [0.1, 0.15) is 5.69 Å². The number of hydrogen-bond donors (Lipinski definition) is 2. The van der Waals surface area contributed by atoms with Crippen molar-refractivity contribution in [1.29, 1.82) is 0 Å². The molecule has 0 unspecified atom stereocenters. The first-order valence-corrected chi connectivity index (χ1v) is 8.23. The van der Waals surface area contributed by atoms with Gasteiger partial charge in [-0.1, -0.05) is 30.3 Å². The molecule has 0 saturated heterocycles.